The van der Waals surface area contributed by atoms with E-state index >= 15 is 0 Å². The number of carbonyl (C=O) groups excluding carboxylic acids is 1. The minimum atomic E-state index is -4.63. The van der Waals surface area contributed by atoms with E-state index in [0.29, 0.717) is 11.3 Å². The summed E-state index contributed by atoms with van der Waals surface area (Å²) in [6.45, 7) is 1.84. The van der Waals surface area contributed by atoms with Gasteiger partial charge in [-0.2, -0.15) is 13.2 Å². The van der Waals surface area contributed by atoms with Gasteiger partial charge in [-0.3, -0.25) is 9.59 Å². The van der Waals surface area contributed by atoms with Crippen LogP contribution in [0, 0.1) is 6.92 Å². The highest BCUT2D eigenvalue weighted by molar-refractivity contribution is 5.87. The van der Waals surface area contributed by atoms with Crippen LogP contribution in [0.3, 0.4) is 0 Å². The number of fused-ring (bicyclic) bond motifs is 1. The zero-order valence-electron chi connectivity index (χ0n) is 19.3. The van der Waals surface area contributed by atoms with Crippen molar-refractivity contribution in [3.05, 3.63) is 75.1 Å². The van der Waals surface area contributed by atoms with E-state index in [-0.39, 0.29) is 35.4 Å². The lowest BCUT2D eigenvalue weighted by Gasteiger charge is -2.20. The van der Waals surface area contributed by atoms with Crippen LogP contribution in [-0.4, -0.2) is 38.3 Å². The van der Waals surface area contributed by atoms with Gasteiger partial charge in [0.05, 0.1) is 24.7 Å². The predicted molar refractivity (Wildman–Crippen MR) is 124 cm³/mol. The number of rotatable bonds is 4. The molecule has 2 N–H and O–H groups in total. The largest absolute Gasteiger partial charge is 0.468 e. The lowest BCUT2D eigenvalue weighted by Crippen LogP contribution is -2.27. The first-order valence-electron chi connectivity index (χ1n) is 10.1. The van der Waals surface area contributed by atoms with Crippen molar-refractivity contribution >= 4 is 22.6 Å². The fourth-order valence-electron chi connectivity index (χ4n) is 3.47. The van der Waals surface area contributed by atoms with Crippen molar-refractivity contribution in [2.45, 2.75) is 19.5 Å². The molecule has 0 amide bonds. The molecule has 0 bridgehead atoms. The second-order valence-electron chi connectivity index (χ2n) is 7.76. The van der Waals surface area contributed by atoms with Gasteiger partial charge in [-0.15, -0.1) is 0 Å². The van der Waals surface area contributed by atoms with Crippen LogP contribution in [0.2, 0.25) is 0 Å². The summed E-state index contributed by atoms with van der Waals surface area (Å²) in [7, 11) is 6.35. The van der Waals surface area contributed by atoms with E-state index < -0.39 is 17.3 Å². The molecule has 9 heteroatoms. The molecule has 0 aliphatic rings. The second kappa shape index (κ2) is 10.5. The third kappa shape index (κ3) is 6.13. The molecule has 1 heterocycles. The number of anilines is 1. The molecule has 0 aliphatic carbocycles. The van der Waals surface area contributed by atoms with Gasteiger partial charge in [-0.1, -0.05) is 29.8 Å². The van der Waals surface area contributed by atoms with Crippen LogP contribution in [-0.2, 0) is 29.2 Å². The van der Waals surface area contributed by atoms with Crippen LogP contribution < -0.4 is 16.2 Å². The van der Waals surface area contributed by atoms with Crippen LogP contribution in [0.25, 0.3) is 10.9 Å². The molecule has 0 atom stereocenters. The van der Waals surface area contributed by atoms with Gasteiger partial charge in [0.2, 0.25) is 0 Å². The van der Waals surface area contributed by atoms with Gasteiger partial charge >= 0.3 is 12.1 Å². The van der Waals surface area contributed by atoms with E-state index in [0.717, 1.165) is 5.56 Å². The van der Waals surface area contributed by atoms with Gasteiger partial charge in [-0.25, -0.2) is 0 Å². The quantitative estimate of drug-likeness (QED) is 0.598. The Hall–Kier alpha value is -3.33. The van der Waals surface area contributed by atoms with Crippen molar-refractivity contribution < 1.29 is 22.7 Å². The first kappa shape index (κ1) is 25.9. The number of pyridine rings is 1. The number of ether oxygens (including phenoxy) is 1. The number of methoxy groups -OCH3 is 1. The predicted octanol–water partition coefficient (Wildman–Crippen LogP) is 3.64. The number of halogens is 3. The standard InChI is InChI=1S/C21H21F3N2O.C3H7NO2/c1-13-6-5-7-14(10-13)11-17-19(21(22,23)24)16-12-15(25(2)3)8-9-18(16)26(4)20(17)27;1-6-3(5)2-4/h5-10,12H,11H2,1-4H3;2,4H2,1H3. The zero-order chi connectivity index (χ0) is 24.9. The molecule has 33 heavy (non-hydrogen) atoms. The number of benzene rings is 2. The van der Waals surface area contributed by atoms with Gasteiger partial charge in [0.25, 0.3) is 5.56 Å². The Morgan fingerprint density at radius 3 is 2.30 bits per heavy atom. The number of esters is 1. The molecule has 0 radical (unpaired) electrons. The summed E-state index contributed by atoms with van der Waals surface area (Å²) in [6, 6.07) is 12.0. The highest BCUT2D eigenvalue weighted by atomic mass is 19.4. The van der Waals surface area contributed by atoms with Crippen molar-refractivity contribution in [1.82, 2.24) is 4.57 Å². The molecule has 2 aromatic carbocycles. The first-order valence-corrected chi connectivity index (χ1v) is 10.1. The highest BCUT2D eigenvalue weighted by Gasteiger charge is 2.37. The molecule has 3 aromatic rings. The van der Waals surface area contributed by atoms with Crippen molar-refractivity contribution in [2.75, 3.05) is 32.6 Å². The molecule has 0 fully saturated rings. The number of hydrogen-bond acceptors (Lipinski definition) is 5. The fraction of sp³-hybridized carbons (Fsp3) is 0.333. The average Bonchev–Trinajstić information content (AvgIpc) is 2.75. The zero-order valence-corrected chi connectivity index (χ0v) is 19.3. The van der Waals surface area contributed by atoms with Crippen molar-refractivity contribution in [3.8, 4) is 0 Å². The maximum absolute atomic E-state index is 14.0. The van der Waals surface area contributed by atoms with Crippen LogP contribution in [0.15, 0.2) is 47.3 Å². The van der Waals surface area contributed by atoms with Crippen LogP contribution in [0.1, 0.15) is 22.3 Å². The Bertz CT molecular complexity index is 1200. The number of nitrogens with zero attached hydrogens (tertiary/aromatic N) is 2. The Kier molecular flexibility index (Phi) is 8.27. The maximum Gasteiger partial charge on any atom is 0.417 e. The molecule has 1 aromatic heterocycles. The molecule has 6 nitrogen and oxygen atoms in total. The molecule has 3 rings (SSSR count). The second-order valence-corrected chi connectivity index (χ2v) is 7.76. The SMILES string of the molecule is COC(=O)CN.Cc1cccc(Cc2c(C(F)(F)F)c3cc(N(C)C)ccc3n(C)c2=O)c1. The lowest BCUT2D eigenvalue weighted by molar-refractivity contribution is -0.139. The van der Waals surface area contributed by atoms with Crippen LogP contribution in [0.5, 0.6) is 0 Å². The Balaban J connectivity index is 0.000000569. The Labute approximate surface area is 190 Å². The highest BCUT2D eigenvalue weighted by Crippen LogP contribution is 2.38. The molecular formula is C24H28F3N3O3. The minimum Gasteiger partial charge on any atom is -0.468 e. The number of aryl methyl sites for hydroxylation is 2. The van der Waals surface area contributed by atoms with Gasteiger partial charge in [0.15, 0.2) is 0 Å². The normalized spacial score (nSPS) is 11.1. The van der Waals surface area contributed by atoms with Gasteiger partial charge in [0, 0.05) is 44.2 Å². The Morgan fingerprint density at radius 1 is 1.15 bits per heavy atom. The molecule has 0 spiro atoms. The van der Waals surface area contributed by atoms with Crippen LogP contribution in [0.4, 0.5) is 18.9 Å². The average molecular weight is 464 g/mol. The number of nitrogens with two attached hydrogens (primary N) is 1. The van der Waals surface area contributed by atoms with E-state index in [1.165, 1.54) is 24.8 Å². The summed E-state index contributed by atoms with van der Waals surface area (Å²) in [5.74, 6) is -0.380. The van der Waals surface area contributed by atoms with Gasteiger partial charge < -0.3 is 19.9 Å². The molecule has 0 saturated carbocycles. The molecule has 0 unspecified atom stereocenters. The summed E-state index contributed by atoms with van der Waals surface area (Å²) < 4.78 is 47.6. The van der Waals surface area contributed by atoms with Gasteiger partial charge in [0.1, 0.15) is 0 Å². The third-order valence-electron chi connectivity index (χ3n) is 5.13. The summed E-state index contributed by atoms with van der Waals surface area (Å²) in [6.07, 6.45) is -4.69. The third-order valence-corrected chi connectivity index (χ3v) is 5.13. The van der Waals surface area contributed by atoms with E-state index in [4.69, 9.17) is 5.73 Å². The number of carbonyl (C=O) groups is 1. The number of aromatic nitrogens is 1. The summed E-state index contributed by atoms with van der Waals surface area (Å²) in [5.41, 5.74) is 5.66. The molecule has 0 saturated heterocycles. The van der Waals surface area contributed by atoms with E-state index in [1.807, 2.05) is 13.0 Å². The van der Waals surface area contributed by atoms with Crippen LogP contribution >= 0.6 is 0 Å². The van der Waals surface area contributed by atoms with E-state index in [1.54, 1.807) is 49.3 Å². The molecular weight excluding hydrogens is 435 g/mol. The summed E-state index contributed by atoms with van der Waals surface area (Å²) in [5, 5.41) is 0.0402. The van der Waals surface area contributed by atoms with Crippen molar-refractivity contribution in [3.63, 3.8) is 0 Å². The topological polar surface area (TPSA) is 77.6 Å². The number of alkyl halides is 3. The minimum absolute atomic E-state index is 0.0312. The summed E-state index contributed by atoms with van der Waals surface area (Å²) >= 11 is 0. The first-order chi connectivity index (χ1) is 15.4. The molecule has 0 aliphatic heterocycles. The van der Waals surface area contributed by atoms with E-state index in [2.05, 4.69) is 4.74 Å². The fourth-order valence-corrected chi connectivity index (χ4v) is 3.47. The molecule has 178 valence electrons. The smallest absolute Gasteiger partial charge is 0.417 e. The van der Waals surface area contributed by atoms with E-state index in [9.17, 15) is 22.8 Å². The van der Waals surface area contributed by atoms with Crippen molar-refractivity contribution in [2.24, 2.45) is 12.8 Å². The van der Waals surface area contributed by atoms with Crippen molar-refractivity contribution in [1.29, 1.82) is 0 Å². The summed E-state index contributed by atoms with van der Waals surface area (Å²) in [4.78, 5) is 24.4. The monoisotopic (exact) mass is 463 g/mol. The maximum atomic E-state index is 14.0. The lowest BCUT2D eigenvalue weighted by atomic mass is 9.96. The number of hydrogen-bond donors (Lipinski definition) is 1. The van der Waals surface area contributed by atoms with Gasteiger partial charge in [-0.05, 0) is 30.7 Å². The Morgan fingerprint density at radius 2 is 1.82 bits per heavy atom.